The number of morpholine rings is 1. The van der Waals surface area contributed by atoms with Gasteiger partial charge in [0.05, 0.1) is 19.3 Å². The Balaban J connectivity index is 1.56. The summed E-state index contributed by atoms with van der Waals surface area (Å²) in [5.74, 6) is -0.210. The number of amides is 1. The molecule has 1 aromatic heterocycles. The van der Waals surface area contributed by atoms with Gasteiger partial charge in [0.25, 0.3) is 0 Å². The number of rotatable bonds is 5. The Morgan fingerprint density at radius 2 is 2.21 bits per heavy atom. The second-order valence-electron chi connectivity index (χ2n) is 5.65. The molecular formula is C16H19FN4O3. The smallest absolute Gasteiger partial charge is 0.315 e. The summed E-state index contributed by atoms with van der Waals surface area (Å²) >= 11 is 0. The Hall–Kier alpha value is -2.32. The minimum absolute atomic E-state index is 0.0227. The van der Waals surface area contributed by atoms with Gasteiger partial charge >= 0.3 is 11.8 Å². The van der Waals surface area contributed by atoms with Gasteiger partial charge in [-0.05, 0) is 24.1 Å². The van der Waals surface area contributed by atoms with Crippen molar-refractivity contribution in [3.05, 3.63) is 47.4 Å². The van der Waals surface area contributed by atoms with Crippen molar-refractivity contribution in [3.63, 3.8) is 0 Å². The third-order valence-corrected chi connectivity index (χ3v) is 3.85. The van der Waals surface area contributed by atoms with Crippen molar-refractivity contribution in [2.75, 3.05) is 26.7 Å². The van der Waals surface area contributed by atoms with E-state index < -0.39 is 5.91 Å². The average Bonchev–Trinajstić information content (AvgIpc) is 3.05. The van der Waals surface area contributed by atoms with Gasteiger partial charge in [0.1, 0.15) is 5.82 Å². The second kappa shape index (κ2) is 7.50. The molecule has 1 saturated heterocycles. The molecular weight excluding hydrogens is 315 g/mol. The lowest BCUT2D eigenvalue weighted by molar-refractivity contribution is -0.0314. The van der Waals surface area contributed by atoms with E-state index in [0.717, 1.165) is 12.1 Å². The first-order chi connectivity index (χ1) is 11.6. The molecule has 2 aromatic rings. The maximum Gasteiger partial charge on any atom is 0.315 e. The molecule has 1 aliphatic rings. The van der Waals surface area contributed by atoms with E-state index in [-0.39, 0.29) is 17.8 Å². The Morgan fingerprint density at radius 3 is 2.96 bits per heavy atom. The van der Waals surface area contributed by atoms with E-state index in [1.807, 2.05) is 0 Å². The zero-order chi connectivity index (χ0) is 16.9. The molecule has 1 atom stereocenters. The Kier molecular flexibility index (Phi) is 5.17. The van der Waals surface area contributed by atoms with Crippen molar-refractivity contribution in [1.29, 1.82) is 0 Å². The Morgan fingerprint density at radius 1 is 1.42 bits per heavy atom. The fourth-order valence-corrected chi connectivity index (χ4v) is 2.65. The summed E-state index contributed by atoms with van der Waals surface area (Å²) in [7, 11) is 1.51. The standard InChI is InChI=1S/C16H19FN4O3/c1-18-15(22)16-19-14(20-24-16)10-21-6-7-23-13(9-21)8-11-2-4-12(17)5-3-11/h2-5,13H,6-10H2,1H3,(H,18,22)/t13-/m1/s1. The summed E-state index contributed by atoms with van der Waals surface area (Å²) in [6.45, 7) is 2.56. The first-order valence-corrected chi connectivity index (χ1v) is 7.77. The highest BCUT2D eigenvalue weighted by atomic mass is 19.1. The molecule has 1 N–H and O–H groups in total. The van der Waals surface area contributed by atoms with Crippen LogP contribution in [0.5, 0.6) is 0 Å². The van der Waals surface area contributed by atoms with Crippen LogP contribution in [0.3, 0.4) is 0 Å². The van der Waals surface area contributed by atoms with Crippen molar-refractivity contribution in [3.8, 4) is 0 Å². The summed E-state index contributed by atoms with van der Waals surface area (Å²) in [6.07, 6.45) is 0.738. The topological polar surface area (TPSA) is 80.5 Å². The van der Waals surface area contributed by atoms with E-state index in [9.17, 15) is 9.18 Å². The lowest BCUT2D eigenvalue weighted by Gasteiger charge is -2.32. The lowest BCUT2D eigenvalue weighted by atomic mass is 10.1. The number of benzene rings is 1. The number of carbonyl (C=O) groups excluding carboxylic acids is 1. The molecule has 1 aliphatic heterocycles. The highest BCUT2D eigenvalue weighted by Crippen LogP contribution is 2.14. The Bertz CT molecular complexity index is 689. The van der Waals surface area contributed by atoms with Gasteiger partial charge in [0.15, 0.2) is 5.82 Å². The molecule has 0 bridgehead atoms. The number of carbonyl (C=O) groups is 1. The maximum absolute atomic E-state index is 13.0. The van der Waals surface area contributed by atoms with Gasteiger partial charge in [-0.15, -0.1) is 0 Å². The fourth-order valence-electron chi connectivity index (χ4n) is 2.65. The van der Waals surface area contributed by atoms with Crippen LogP contribution in [0.25, 0.3) is 0 Å². The van der Waals surface area contributed by atoms with Gasteiger partial charge in [0.2, 0.25) is 0 Å². The SMILES string of the molecule is CNC(=O)c1nc(CN2CCO[C@H](Cc3ccc(F)cc3)C2)no1. The van der Waals surface area contributed by atoms with Crippen LogP contribution >= 0.6 is 0 Å². The first-order valence-electron chi connectivity index (χ1n) is 7.77. The summed E-state index contributed by atoms with van der Waals surface area (Å²) in [6, 6.07) is 6.45. The van der Waals surface area contributed by atoms with Crippen LogP contribution in [0.15, 0.2) is 28.8 Å². The zero-order valence-electron chi connectivity index (χ0n) is 13.4. The molecule has 0 saturated carbocycles. The molecule has 128 valence electrons. The lowest BCUT2D eigenvalue weighted by Crippen LogP contribution is -2.43. The van der Waals surface area contributed by atoms with Gasteiger partial charge in [0, 0.05) is 20.1 Å². The maximum atomic E-state index is 13.0. The van der Waals surface area contributed by atoms with E-state index in [0.29, 0.717) is 31.9 Å². The van der Waals surface area contributed by atoms with Crippen LogP contribution in [-0.4, -0.2) is 53.8 Å². The van der Waals surface area contributed by atoms with Crippen LogP contribution < -0.4 is 5.32 Å². The molecule has 1 aromatic carbocycles. The van der Waals surface area contributed by atoms with Crippen LogP contribution in [0.2, 0.25) is 0 Å². The predicted molar refractivity (Wildman–Crippen MR) is 82.8 cm³/mol. The molecule has 1 fully saturated rings. The largest absolute Gasteiger partial charge is 0.375 e. The molecule has 3 rings (SSSR count). The van der Waals surface area contributed by atoms with Crippen LogP contribution in [0.4, 0.5) is 4.39 Å². The average molecular weight is 334 g/mol. The van der Waals surface area contributed by atoms with Gasteiger partial charge in [-0.3, -0.25) is 9.69 Å². The zero-order valence-corrected chi connectivity index (χ0v) is 13.4. The number of nitrogens with zero attached hydrogens (tertiary/aromatic N) is 3. The summed E-state index contributed by atoms with van der Waals surface area (Å²) in [5, 5.41) is 6.27. The normalized spacial score (nSPS) is 18.5. The molecule has 2 heterocycles. The van der Waals surface area contributed by atoms with E-state index in [1.165, 1.54) is 19.2 Å². The third kappa shape index (κ3) is 4.15. The minimum Gasteiger partial charge on any atom is -0.375 e. The first kappa shape index (κ1) is 16.5. The molecule has 1 amide bonds. The van der Waals surface area contributed by atoms with Crippen LogP contribution in [-0.2, 0) is 17.7 Å². The van der Waals surface area contributed by atoms with Crippen LogP contribution in [0.1, 0.15) is 22.1 Å². The molecule has 0 spiro atoms. The van der Waals surface area contributed by atoms with Crippen molar-refractivity contribution in [2.45, 2.75) is 19.1 Å². The van der Waals surface area contributed by atoms with Gasteiger partial charge < -0.3 is 14.6 Å². The quantitative estimate of drug-likeness (QED) is 0.879. The van der Waals surface area contributed by atoms with Gasteiger partial charge in [-0.1, -0.05) is 17.3 Å². The van der Waals surface area contributed by atoms with Gasteiger partial charge in [-0.2, -0.15) is 4.98 Å². The number of halogens is 1. The molecule has 7 nitrogen and oxygen atoms in total. The second-order valence-corrected chi connectivity index (χ2v) is 5.65. The molecule has 0 aliphatic carbocycles. The van der Waals surface area contributed by atoms with Crippen molar-refractivity contribution >= 4 is 5.91 Å². The van der Waals surface area contributed by atoms with Crippen molar-refractivity contribution in [1.82, 2.24) is 20.4 Å². The summed E-state index contributed by atoms with van der Waals surface area (Å²) < 4.78 is 23.7. The van der Waals surface area contributed by atoms with Crippen LogP contribution in [0, 0.1) is 5.82 Å². The third-order valence-electron chi connectivity index (χ3n) is 3.85. The number of nitrogens with one attached hydrogen (secondary N) is 1. The van der Waals surface area contributed by atoms with Crippen molar-refractivity contribution < 1.29 is 18.4 Å². The molecule has 24 heavy (non-hydrogen) atoms. The van der Waals surface area contributed by atoms with Crippen molar-refractivity contribution in [2.24, 2.45) is 0 Å². The number of ether oxygens (including phenoxy) is 1. The van der Waals surface area contributed by atoms with E-state index in [1.54, 1.807) is 12.1 Å². The molecule has 8 heteroatoms. The van der Waals surface area contributed by atoms with E-state index in [2.05, 4.69) is 20.4 Å². The Labute approximate surface area is 138 Å². The highest BCUT2D eigenvalue weighted by Gasteiger charge is 2.23. The van der Waals surface area contributed by atoms with Gasteiger partial charge in [-0.25, -0.2) is 4.39 Å². The fraction of sp³-hybridized carbons (Fsp3) is 0.438. The number of hydrogen-bond acceptors (Lipinski definition) is 6. The summed E-state index contributed by atoms with van der Waals surface area (Å²) in [5.41, 5.74) is 1.03. The molecule has 0 radical (unpaired) electrons. The summed E-state index contributed by atoms with van der Waals surface area (Å²) in [4.78, 5) is 17.7. The molecule has 0 unspecified atom stereocenters. The highest BCUT2D eigenvalue weighted by molar-refractivity contribution is 5.89. The number of aromatic nitrogens is 2. The van der Waals surface area contributed by atoms with E-state index >= 15 is 0 Å². The van der Waals surface area contributed by atoms with E-state index in [4.69, 9.17) is 9.26 Å². The monoisotopic (exact) mass is 334 g/mol. The predicted octanol–water partition coefficient (Wildman–Crippen LogP) is 1.01. The minimum atomic E-state index is -0.398. The number of hydrogen-bond donors (Lipinski definition) is 1.